The summed E-state index contributed by atoms with van der Waals surface area (Å²) in [5.41, 5.74) is 2.86. The number of hydrogen-bond acceptors (Lipinski definition) is 9. The summed E-state index contributed by atoms with van der Waals surface area (Å²) in [6.07, 6.45) is 4.70. The minimum absolute atomic E-state index is 0. The summed E-state index contributed by atoms with van der Waals surface area (Å²) < 4.78 is 20.9. The summed E-state index contributed by atoms with van der Waals surface area (Å²) in [4.78, 5) is 21.9. The molecule has 0 aromatic heterocycles. The molecule has 0 saturated carbocycles. The Balaban J connectivity index is 0.000000735. The van der Waals surface area contributed by atoms with Gasteiger partial charge >= 0.3 is 11.9 Å². The number of aromatic hydroxyl groups is 2. The molecule has 0 amide bonds. The molecule has 2 atom stereocenters. The number of phenolic OH excluding ortho intramolecular Hbond substituents is 2. The number of carboxylic acid groups (broad SMARTS) is 1. The van der Waals surface area contributed by atoms with Gasteiger partial charge in [0.25, 0.3) is 0 Å². The number of carbonyl (C=O) groups excluding carboxylic acids is 1. The number of aromatic carboxylic acids is 1. The van der Waals surface area contributed by atoms with E-state index in [0.717, 1.165) is 17.9 Å². The van der Waals surface area contributed by atoms with Crippen LogP contribution in [-0.4, -0.2) is 71.0 Å². The van der Waals surface area contributed by atoms with E-state index in [1.165, 1.54) is 79.8 Å². The molecule has 0 aliphatic carbocycles. The van der Waals surface area contributed by atoms with Gasteiger partial charge in [-0.15, -0.1) is 0 Å². The van der Waals surface area contributed by atoms with Crippen LogP contribution in [0.2, 0.25) is 0 Å². The molecule has 10 heteroatoms. The quantitative estimate of drug-likeness (QED) is 0.0817. The summed E-state index contributed by atoms with van der Waals surface area (Å²) in [7, 11) is 0. The molecule has 1 aliphatic rings. The second-order valence-corrected chi connectivity index (χ2v) is 11.9. The lowest BCUT2D eigenvalue weighted by Crippen LogP contribution is -2.25. The number of benzene rings is 4. The van der Waals surface area contributed by atoms with Crippen LogP contribution in [0, 0.1) is 13.8 Å². The highest BCUT2D eigenvalue weighted by Crippen LogP contribution is 2.16. The van der Waals surface area contributed by atoms with Crippen LogP contribution in [0.4, 0.5) is 0 Å². The van der Waals surface area contributed by atoms with Gasteiger partial charge in [0.15, 0.2) is 0 Å². The molecular weight excluding hydrogens is 676 g/mol. The first-order valence-corrected chi connectivity index (χ1v) is 17.6. The molecule has 10 nitrogen and oxygen atoms in total. The highest BCUT2D eigenvalue weighted by molar-refractivity contribution is 5.89. The van der Waals surface area contributed by atoms with Crippen molar-refractivity contribution in [1.29, 1.82) is 0 Å². The van der Waals surface area contributed by atoms with Crippen LogP contribution in [0.3, 0.4) is 0 Å². The Morgan fingerprint density at radius 2 is 1.06 bits per heavy atom. The standard InChI is InChI=1S/C17H18O5.C10H12O2.C7H6O3.2C4H10.CH4/c1-12-2-8-16(9-3-12)21-10-15(19)11-22-17(20)13-4-6-14(18)7-5-13;1-8-2-4-9(5-3-8)11-6-10-7-12-10;8-6-3-1-5(2-4-6)7(9)10;2*1-3-4-2;/h2-9,15,18-19H,10-11H2,1H3;2-5,10H,6-7H2,1H3;1-4,8H,(H,9,10);2*3-4H2,1-2H3;1H4. The Bertz CT molecular complexity index is 1490. The minimum Gasteiger partial charge on any atom is -0.508 e. The van der Waals surface area contributed by atoms with Gasteiger partial charge < -0.3 is 39.4 Å². The maximum absolute atomic E-state index is 11.7. The number of hydrogen-bond donors (Lipinski definition) is 4. The SMILES string of the molecule is C.CCCC.CCCC.Cc1ccc(OCC(O)COC(=O)c2ccc(O)cc2)cc1.Cc1ccc(OCC2CO2)cc1.O=C(O)c1ccc(O)cc1. The van der Waals surface area contributed by atoms with E-state index in [9.17, 15) is 14.7 Å². The van der Waals surface area contributed by atoms with Gasteiger partial charge in [-0.05, 0) is 86.6 Å². The minimum atomic E-state index is -0.986. The van der Waals surface area contributed by atoms with Gasteiger partial charge in [0.05, 0.1) is 17.7 Å². The fourth-order valence-corrected chi connectivity index (χ4v) is 3.32. The fourth-order valence-electron chi connectivity index (χ4n) is 3.32. The zero-order valence-electron chi connectivity index (χ0n) is 31.3. The van der Waals surface area contributed by atoms with Crippen LogP contribution in [0.1, 0.15) is 92.6 Å². The van der Waals surface area contributed by atoms with Gasteiger partial charge in [0.2, 0.25) is 0 Å². The number of epoxide rings is 1. The van der Waals surface area contributed by atoms with Gasteiger partial charge in [0.1, 0.15) is 55.0 Å². The van der Waals surface area contributed by atoms with Gasteiger partial charge in [0, 0.05) is 0 Å². The van der Waals surface area contributed by atoms with Crippen LogP contribution in [-0.2, 0) is 9.47 Å². The van der Waals surface area contributed by atoms with E-state index in [1.54, 1.807) is 0 Å². The van der Waals surface area contributed by atoms with E-state index in [2.05, 4.69) is 34.6 Å². The van der Waals surface area contributed by atoms with Crippen molar-refractivity contribution in [2.45, 2.75) is 86.9 Å². The number of aliphatic hydroxyl groups is 1. The Labute approximate surface area is 316 Å². The molecule has 5 rings (SSSR count). The van der Waals surface area contributed by atoms with E-state index in [1.807, 2.05) is 55.5 Å². The number of esters is 1. The van der Waals surface area contributed by atoms with Crippen molar-refractivity contribution in [3.8, 4) is 23.0 Å². The van der Waals surface area contributed by atoms with Gasteiger partial charge in [-0.3, -0.25) is 0 Å². The van der Waals surface area contributed by atoms with Crippen LogP contribution < -0.4 is 9.47 Å². The molecule has 1 fully saturated rings. The second kappa shape index (κ2) is 28.5. The Kier molecular flexibility index (Phi) is 25.8. The zero-order valence-corrected chi connectivity index (χ0v) is 31.3. The largest absolute Gasteiger partial charge is 0.508 e. The molecule has 292 valence electrons. The van der Waals surface area contributed by atoms with Crippen molar-refractivity contribution >= 4 is 11.9 Å². The molecular formula is C43H60O10. The summed E-state index contributed by atoms with van der Waals surface area (Å²) >= 11 is 0. The smallest absolute Gasteiger partial charge is 0.338 e. The first kappa shape index (κ1) is 47.9. The first-order valence-electron chi connectivity index (χ1n) is 17.6. The van der Waals surface area contributed by atoms with Crippen LogP contribution in [0.25, 0.3) is 0 Å². The van der Waals surface area contributed by atoms with Gasteiger partial charge in [-0.2, -0.15) is 0 Å². The molecule has 4 aromatic carbocycles. The lowest BCUT2D eigenvalue weighted by Gasteiger charge is -2.13. The molecule has 53 heavy (non-hydrogen) atoms. The summed E-state index contributed by atoms with van der Waals surface area (Å²) in [5, 5.41) is 36.0. The first-order chi connectivity index (χ1) is 24.9. The molecule has 1 saturated heterocycles. The summed E-state index contributed by atoms with van der Waals surface area (Å²) in [6.45, 7) is 14.2. The maximum Gasteiger partial charge on any atom is 0.338 e. The number of ether oxygens (including phenoxy) is 4. The lowest BCUT2D eigenvalue weighted by molar-refractivity contribution is 0.0130. The van der Waals surface area contributed by atoms with Crippen LogP contribution in [0.5, 0.6) is 23.0 Å². The van der Waals surface area contributed by atoms with Crippen molar-refractivity contribution in [3.63, 3.8) is 0 Å². The number of phenols is 2. The van der Waals surface area contributed by atoms with Gasteiger partial charge in [-0.25, -0.2) is 9.59 Å². The third-order valence-electron chi connectivity index (χ3n) is 6.95. The zero-order chi connectivity index (χ0) is 38.7. The fraction of sp³-hybridized carbons (Fsp3) is 0.395. The van der Waals surface area contributed by atoms with Crippen molar-refractivity contribution in [2.24, 2.45) is 0 Å². The summed E-state index contributed by atoms with van der Waals surface area (Å²) in [6, 6.07) is 26.6. The maximum atomic E-state index is 11.7. The topological polar surface area (TPSA) is 155 Å². The molecule has 0 bridgehead atoms. The molecule has 4 N–H and O–H groups in total. The predicted molar refractivity (Wildman–Crippen MR) is 210 cm³/mol. The Morgan fingerprint density at radius 1 is 0.660 bits per heavy atom. The third-order valence-corrected chi connectivity index (χ3v) is 6.95. The number of rotatable bonds is 12. The average Bonchev–Trinajstić information content (AvgIpc) is 3.99. The van der Waals surface area contributed by atoms with E-state index >= 15 is 0 Å². The number of carboxylic acids is 1. The molecule has 4 aromatic rings. The van der Waals surface area contributed by atoms with E-state index < -0.39 is 18.0 Å². The van der Waals surface area contributed by atoms with Crippen molar-refractivity contribution in [2.75, 3.05) is 26.4 Å². The van der Waals surface area contributed by atoms with E-state index in [4.69, 9.17) is 34.3 Å². The summed E-state index contributed by atoms with van der Waals surface area (Å²) in [5.74, 6) is 0.174. The Hall–Kier alpha value is -5.06. The highest BCUT2D eigenvalue weighted by atomic mass is 16.6. The van der Waals surface area contributed by atoms with Crippen LogP contribution >= 0.6 is 0 Å². The van der Waals surface area contributed by atoms with Crippen molar-refractivity contribution in [1.82, 2.24) is 0 Å². The van der Waals surface area contributed by atoms with E-state index in [0.29, 0.717) is 24.0 Å². The molecule has 1 heterocycles. The Morgan fingerprint density at radius 3 is 1.43 bits per heavy atom. The number of aliphatic hydroxyl groups excluding tert-OH is 1. The third kappa shape index (κ3) is 23.9. The van der Waals surface area contributed by atoms with Crippen molar-refractivity contribution in [3.05, 3.63) is 119 Å². The second-order valence-electron chi connectivity index (χ2n) is 11.9. The van der Waals surface area contributed by atoms with Crippen LogP contribution in [0.15, 0.2) is 97.1 Å². The predicted octanol–water partition coefficient (Wildman–Crippen LogP) is 9.41. The lowest BCUT2D eigenvalue weighted by atomic mass is 10.2. The molecule has 0 spiro atoms. The van der Waals surface area contributed by atoms with E-state index in [-0.39, 0.29) is 37.7 Å². The molecule has 2 unspecified atom stereocenters. The monoisotopic (exact) mass is 736 g/mol. The normalized spacial score (nSPS) is 12.4. The number of aryl methyl sites for hydroxylation is 2. The van der Waals surface area contributed by atoms with Gasteiger partial charge in [-0.1, -0.05) is 96.2 Å². The van der Waals surface area contributed by atoms with Crippen molar-refractivity contribution < 1.29 is 49.0 Å². The molecule has 0 radical (unpaired) electrons. The highest BCUT2D eigenvalue weighted by Gasteiger charge is 2.22. The average molecular weight is 737 g/mol. The number of unbranched alkanes of at least 4 members (excludes halogenated alkanes) is 2. The molecule has 1 aliphatic heterocycles. The number of carbonyl (C=O) groups is 2.